The topological polar surface area (TPSA) is 56.3 Å². The summed E-state index contributed by atoms with van der Waals surface area (Å²) in [4.78, 5) is 8.06. The maximum atomic E-state index is 5.56. The maximum Gasteiger partial charge on any atom is 0.161 e. The lowest BCUT2D eigenvalue weighted by Gasteiger charge is -2.11. The molecular weight excluding hydrogens is 254 g/mol. The van der Waals surface area contributed by atoms with Crippen LogP contribution in [0.3, 0.4) is 0 Å². The second-order valence-corrected chi connectivity index (χ2v) is 4.22. The van der Waals surface area contributed by atoms with Crippen LogP contribution in [0.4, 0.5) is 0 Å². The van der Waals surface area contributed by atoms with Crippen LogP contribution in [0.2, 0.25) is 0 Å². The largest absolute Gasteiger partial charge is 0.493 e. The summed E-state index contributed by atoms with van der Waals surface area (Å²) in [7, 11) is 1.64. The van der Waals surface area contributed by atoms with E-state index in [0.717, 1.165) is 29.3 Å². The van der Waals surface area contributed by atoms with Gasteiger partial charge in [0, 0.05) is 19.3 Å². The number of nitrogens with one attached hydrogen (secondary N) is 1. The molecule has 2 aromatic rings. The van der Waals surface area contributed by atoms with Gasteiger partial charge in [0.25, 0.3) is 0 Å². The van der Waals surface area contributed by atoms with Gasteiger partial charge in [-0.15, -0.1) is 0 Å². The average molecular weight is 273 g/mol. The molecule has 1 aromatic carbocycles. The van der Waals surface area contributed by atoms with Crippen LogP contribution in [0.15, 0.2) is 36.8 Å². The molecule has 0 aliphatic rings. The fourth-order valence-corrected chi connectivity index (χ4v) is 1.86. The molecule has 0 radical (unpaired) electrons. The quantitative estimate of drug-likeness (QED) is 0.838. The minimum Gasteiger partial charge on any atom is -0.493 e. The molecule has 0 atom stereocenters. The van der Waals surface area contributed by atoms with E-state index in [1.54, 1.807) is 19.6 Å². The van der Waals surface area contributed by atoms with Crippen molar-refractivity contribution in [3.63, 3.8) is 0 Å². The van der Waals surface area contributed by atoms with Gasteiger partial charge in [-0.2, -0.15) is 0 Å². The lowest BCUT2D eigenvalue weighted by atomic mass is 10.2. The summed E-state index contributed by atoms with van der Waals surface area (Å²) < 4.78 is 10.8. The molecule has 1 N–H and O–H groups in total. The number of hydrogen-bond donors (Lipinski definition) is 1. The third-order valence-electron chi connectivity index (χ3n) is 2.81. The van der Waals surface area contributed by atoms with Gasteiger partial charge >= 0.3 is 0 Å². The van der Waals surface area contributed by atoms with Crippen LogP contribution < -0.4 is 14.8 Å². The van der Waals surface area contributed by atoms with Gasteiger partial charge in [-0.05, 0) is 30.7 Å². The smallest absolute Gasteiger partial charge is 0.161 e. The summed E-state index contributed by atoms with van der Waals surface area (Å²) in [6.45, 7) is 4.03. The Bertz CT molecular complexity index is 532. The molecule has 0 aliphatic heterocycles. The highest BCUT2D eigenvalue weighted by molar-refractivity contribution is 5.42. The maximum absolute atomic E-state index is 5.56. The molecule has 20 heavy (non-hydrogen) atoms. The molecule has 0 unspecified atom stereocenters. The van der Waals surface area contributed by atoms with E-state index in [1.165, 1.54) is 0 Å². The standard InChI is InChI=1S/C15H19N3O2/c1-3-20-15-8-12(4-5-14(15)19-2)9-17-10-13-6-7-16-11-18-13/h4-8,11,17H,3,9-10H2,1-2H3. The zero-order valence-electron chi connectivity index (χ0n) is 11.8. The Morgan fingerprint density at radius 2 is 2.05 bits per heavy atom. The Morgan fingerprint density at radius 1 is 1.15 bits per heavy atom. The first kappa shape index (κ1) is 14.3. The first-order valence-corrected chi connectivity index (χ1v) is 6.58. The molecule has 0 saturated heterocycles. The SMILES string of the molecule is CCOc1cc(CNCc2ccncn2)ccc1OC. The van der Waals surface area contributed by atoms with Gasteiger partial charge < -0.3 is 14.8 Å². The number of ether oxygens (including phenoxy) is 2. The predicted molar refractivity (Wildman–Crippen MR) is 76.7 cm³/mol. The fraction of sp³-hybridized carbons (Fsp3) is 0.333. The summed E-state index contributed by atoms with van der Waals surface area (Å²) >= 11 is 0. The van der Waals surface area contributed by atoms with Crippen molar-refractivity contribution in [1.29, 1.82) is 0 Å². The van der Waals surface area contributed by atoms with E-state index in [-0.39, 0.29) is 0 Å². The highest BCUT2D eigenvalue weighted by atomic mass is 16.5. The van der Waals surface area contributed by atoms with Gasteiger partial charge in [-0.3, -0.25) is 0 Å². The molecule has 0 amide bonds. The van der Waals surface area contributed by atoms with Gasteiger partial charge in [0.2, 0.25) is 0 Å². The number of benzene rings is 1. The van der Waals surface area contributed by atoms with Crippen molar-refractivity contribution >= 4 is 0 Å². The summed E-state index contributed by atoms with van der Waals surface area (Å²) in [5.41, 5.74) is 2.11. The number of methoxy groups -OCH3 is 1. The van der Waals surface area contributed by atoms with Crippen molar-refractivity contribution in [1.82, 2.24) is 15.3 Å². The highest BCUT2D eigenvalue weighted by Gasteiger charge is 2.05. The summed E-state index contributed by atoms with van der Waals surface area (Å²) in [6, 6.07) is 7.84. The summed E-state index contributed by atoms with van der Waals surface area (Å²) in [5.74, 6) is 1.53. The van der Waals surface area contributed by atoms with E-state index in [1.807, 2.05) is 31.2 Å². The van der Waals surface area contributed by atoms with Gasteiger partial charge in [0.1, 0.15) is 6.33 Å². The average Bonchev–Trinajstić information content (AvgIpc) is 2.49. The first-order chi connectivity index (χ1) is 9.83. The molecule has 0 fully saturated rings. The Kier molecular flexibility index (Phi) is 5.32. The molecule has 0 aliphatic carbocycles. The third kappa shape index (κ3) is 3.93. The van der Waals surface area contributed by atoms with Gasteiger partial charge in [-0.25, -0.2) is 9.97 Å². The molecule has 5 heteroatoms. The van der Waals surface area contributed by atoms with Gasteiger partial charge in [-0.1, -0.05) is 6.07 Å². The molecule has 2 rings (SSSR count). The number of aromatic nitrogens is 2. The van der Waals surface area contributed by atoms with Crippen LogP contribution in [0.25, 0.3) is 0 Å². The number of rotatable bonds is 7. The fourth-order valence-electron chi connectivity index (χ4n) is 1.86. The number of nitrogens with zero attached hydrogens (tertiary/aromatic N) is 2. The molecule has 0 saturated carbocycles. The normalized spacial score (nSPS) is 10.3. The van der Waals surface area contributed by atoms with Gasteiger partial charge in [0.15, 0.2) is 11.5 Å². The minimum atomic E-state index is 0.619. The van der Waals surface area contributed by atoms with Gasteiger partial charge in [0.05, 0.1) is 19.4 Å². The zero-order chi connectivity index (χ0) is 14.2. The van der Waals surface area contributed by atoms with E-state index in [4.69, 9.17) is 9.47 Å². The van der Waals surface area contributed by atoms with Crippen molar-refractivity contribution in [2.24, 2.45) is 0 Å². The third-order valence-corrected chi connectivity index (χ3v) is 2.81. The Hall–Kier alpha value is -2.14. The van der Waals surface area contributed by atoms with Crippen molar-refractivity contribution in [3.05, 3.63) is 48.0 Å². The number of hydrogen-bond acceptors (Lipinski definition) is 5. The molecule has 106 valence electrons. The van der Waals surface area contributed by atoms with E-state index in [2.05, 4.69) is 15.3 Å². The van der Waals surface area contributed by atoms with Crippen molar-refractivity contribution < 1.29 is 9.47 Å². The van der Waals surface area contributed by atoms with E-state index >= 15 is 0 Å². The predicted octanol–water partition coefficient (Wildman–Crippen LogP) is 2.17. The molecule has 1 heterocycles. The highest BCUT2D eigenvalue weighted by Crippen LogP contribution is 2.27. The van der Waals surface area contributed by atoms with Crippen molar-refractivity contribution in [2.75, 3.05) is 13.7 Å². The second kappa shape index (κ2) is 7.45. The van der Waals surface area contributed by atoms with E-state index in [9.17, 15) is 0 Å². The van der Waals surface area contributed by atoms with E-state index in [0.29, 0.717) is 13.2 Å². The molecule has 5 nitrogen and oxygen atoms in total. The van der Waals surface area contributed by atoms with Crippen LogP contribution in [-0.4, -0.2) is 23.7 Å². The summed E-state index contributed by atoms with van der Waals surface area (Å²) in [6.07, 6.45) is 3.29. The molecular formula is C15H19N3O2. The van der Waals surface area contributed by atoms with Crippen LogP contribution in [-0.2, 0) is 13.1 Å². The lowest BCUT2D eigenvalue weighted by Crippen LogP contribution is -2.13. The molecule has 1 aromatic heterocycles. The monoisotopic (exact) mass is 273 g/mol. The van der Waals surface area contributed by atoms with Crippen LogP contribution in [0.5, 0.6) is 11.5 Å². The molecule has 0 bridgehead atoms. The Labute approximate surface area is 119 Å². The van der Waals surface area contributed by atoms with Crippen LogP contribution >= 0.6 is 0 Å². The minimum absolute atomic E-state index is 0.619. The lowest BCUT2D eigenvalue weighted by molar-refractivity contribution is 0.310. The Balaban J connectivity index is 1.94. The van der Waals surface area contributed by atoms with Crippen molar-refractivity contribution in [2.45, 2.75) is 20.0 Å². The van der Waals surface area contributed by atoms with Crippen LogP contribution in [0.1, 0.15) is 18.2 Å². The second-order valence-electron chi connectivity index (χ2n) is 4.22. The molecule has 0 spiro atoms. The van der Waals surface area contributed by atoms with Crippen molar-refractivity contribution in [3.8, 4) is 11.5 Å². The Morgan fingerprint density at radius 3 is 2.75 bits per heavy atom. The van der Waals surface area contributed by atoms with E-state index < -0.39 is 0 Å². The first-order valence-electron chi connectivity index (χ1n) is 6.58. The zero-order valence-corrected chi connectivity index (χ0v) is 11.8. The van der Waals surface area contributed by atoms with Crippen LogP contribution in [0, 0.1) is 0 Å². The summed E-state index contributed by atoms with van der Waals surface area (Å²) in [5, 5.41) is 3.34.